The van der Waals surface area contributed by atoms with Crippen molar-refractivity contribution in [1.29, 1.82) is 0 Å². The minimum absolute atomic E-state index is 0. The van der Waals surface area contributed by atoms with Crippen molar-refractivity contribution in [1.82, 2.24) is 9.88 Å². The van der Waals surface area contributed by atoms with Crippen LogP contribution in [0.3, 0.4) is 0 Å². The average molecular weight is 318 g/mol. The summed E-state index contributed by atoms with van der Waals surface area (Å²) in [5.41, 5.74) is 6.16. The van der Waals surface area contributed by atoms with Crippen LogP contribution in [0.5, 0.6) is 0 Å². The van der Waals surface area contributed by atoms with Crippen molar-refractivity contribution >= 4 is 23.7 Å². The number of likely N-dealkylation sites (tertiary alicyclic amines) is 1. The molecule has 3 nitrogen and oxygen atoms in total. The zero-order chi connectivity index (χ0) is 14.0. The maximum absolute atomic E-state index is 5.95. The van der Waals surface area contributed by atoms with E-state index >= 15 is 0 Å². The molecule has 0 saturated carbocycles. The summed E-state index contributed by atoms with van der Waals surface area (Å²) in [5, 5.41) is 1.23. The van der Waals surface area contributed by atoms with Gasteiger partial charge in [-0.05, 0) is 30.7 Å². The molecule has 1 aromatic heterocycles. The van der Waals surface area contributed by atoms with Crippen LogP contribution in [0, 0.1) is 5.92 Å². The predicted octanol–water partition coefficient (Wildman–Crippen LogP) is 3.42. The van der Waals surface area contributed by atoms with Gasteiger partial charge in [0.25, 0.3) is 0 Å². The van der Waals surface area contributed by atoms with Crippen LogP contribution in [0.2, 0.25) is 0 Å². The van der Waals surface area contributed by atoms with Gasteiger partial charge in [-0.25, -0.2) is 4.98 Å². The van der Waals surface area contributed by atoms with Gasteiger partial charge in [-0.15, -0.1) is 23.7 Å². The molecule has 2 N–H and O–H groups in total. The highest BCUT2D eigenvalue weighted by molar-refractivity contribution is 7.11. The molecule has 1 fully saturated rings. The van der Waals surface area contributed by atoms with Crippen molar-refractivity contribution in [3.63, 3.8) is 0 Å². The first-order valence-electron chi connectivity index (χ1n) is 7.31. The molecule has 1 aromatic rings. The van der Waals surface area contributed by atoms with Gasteiger partial charge in [-0.3, -0.25) is 4.90 Å². The van der Waals surface area contributed by atoms with E-state index in [-0.39, 0.29) is 17.8 Å². The summed E-state index contributed by atoms with van der Waals surface area (Å²) in [4.78, 5) is 8.51. The molecule has 2 heterocycles. The van der Waals surface area contributed by atoms with E-state index in [0.29, 0.717) is 12.0 Å². The molecule has 2 unspecified atom stereocenters. The molecule has 5 heteroatoms. The summed E-state index contributed by atoms with van der Waals surface area (Å²) in [6, 6.07) is 0.524. The van der Waals surface area contributed by atoms with Crippen LogP contribution in [0.25, 0.3) is 0 Å². The predicted molar refractivity (Wildman–Crippen MR) is 89.7 cm³/mol. The number of nitrogens with zero attached hydrogens (tertiary/aromatic N) is 2. The van der Waals surface area contributed by atoms with Gasteiger partial charge >= 0.3 is 0 Å². The van der Waals surface area contributed by atoms with Crippen molar-refractivity contribution < 1.29 is 0 Å². The van der Waals surface area contributed by atoms with E-state index in [9.17, 15) is 0 Å². The number of hydrogen-bond acceptors (Lipinski definition) is 4. The van der Waals surface area contributed by atoms with E-state index in [4.69, 9.17) is 5.73 Å². The molecular formula is C15H28ClN3S. The molecule has 0 spiro atoms. The molecule has 20 heavy (non-hydrogen) atoms. The van der Waals surface area contributed by atoms with Crippen LogP contribution in [0.15, 0.2) is 6.20 Å². The lowest BCUT2D eigenvalue weighted by Gasteiger charge is -2.38. The molecule has 1 saturated heterocycles. The SMILES string of the molecule is CC1CCCN(Cc2ncc(C(C)(C)C)s2)C1CN.Cl. The quantitative estimate of drug-likeness (QED) is 0.928. The lowest BCUT2D eigenvalue weighted by atomic mass is 9.91. The number of nitrogens with two attached hydrogens (primary N) is 1. The number of hydrogen-bond donors (Lipinski definition) is 1. The Bertz CT molecular complexity index is 413. The van der Waals surface area contributed by atoms with Crippen LogP contribution in [-0.2, 0) is 12.0 Å². The molecule has 1 aliphatic heterocycles. The number of aromatic nitrogens is 1. The minimum atomic E-state index is 0. The first-order chi connectivity index (χ1) is 8.91. The lowest BCUT2D eigenvalue weighted by Crippen LogP contribution is -2.47. The second kappa shape index (κ2) is 7.21. The summed E-state index contributed by atoms with van der Waals surface area (Å²) in [6.45, 7) is 12.0. The van der Waals surface area contributed by atoms with Crippen molar-refractivity contribution in [2.75, 3.05) is 13.1 Å². The van der Waals surface area contributed by atoms with Crippen LogP contribution in [-0.4, -0.2) is 29.0 Å². The maximum atomic E-state index is 5.95. The van der Waals surface area contributed by atoms with E-state index in [0.717, 1.165) is 19.6 Å². The van der Waals surface area contributed by atoms with Crippen LogP contribution < -0.4 is 5.73 Å². The fourth-order valence-corrected chi connectivity index (χ4v) is 3.82. The van der Waals surface area contributed by atoms with E-state index in [1.165, 1.54) is 22.7 Å². The Hall–Kier alpha value is -0.160. The maximum Gasteiger partial charge on any atom is 0.107 e. The van der Waals surface area contributed by atoms with Gasteiger partial charge in [-0.1, -0.05) is 27.7 Å². The first kappa shape index (κ1) is 17.9. The summed E-state index contributed by atoms with van der Waals surface area (Å²) >= 11 is 1.85. The number of halogens is 1. The third-order valence-electron chi connectivity index (χ3n) is 4.10. The number of thiazole rings is 1. The van der Waals surface area contributed by atoms with Gasteiger partial charge in [0, 0.05) is 23.7 Å². The molecular weight excluding hydrogens is 290 g/mol. The Labute approximate surface area is 133 Å². The molecule has 2 rings (SSSR count). The molecule has 0 aliphatic carbocycles. The summed E-state index contributed by atoms with van der Waals surface area (Å²) in [7, 11) is 0. The lowest BCUT2D eigenvalue weighted by molar-refractivity contribution is 0.0990. The third-order valence-corrected chi connectivity index (χ3v) is 5.51. The Morgan fingerprint density at radius 2 is 2.15 bits per heavy atom. The van der Waals surface area contributed by atoms with Crippen molar-refractivity contribution in [2.24, 2.45) is 11.7 Å². The summed E-state index contributed by atoms with van der Waals surface area (Å²) in [6.07, 6.45) is 4.64. The molecule has 0 bridgehead atoms. The standard InChI is InChI=1S/C15H27N3S.ClH/c1-11-6-5-7-18(12(11)8-16)10-14-17-9-13(19-14)15(2,3)4;/h9,11-12H,5-8,10,16H2,1-4H3;1H. The van der Waals surface area contributed by atoms with Gasteiger partial charge in [0.1, 0.15) is 5.01 Å². The molecule has 0 amide bonds. The van der Waals surface area contributed by atoms with Gasteiger partial charge in [-0.2, -0.15) is 0 Å². The monoisotopic (exact) mass is 317 g/mol. The topological polar surface area (TPSA) is 42.2 Å². The Morgan fingerprint density at radius 3 is 2.70 bits per heavy atom. The van der Waals surface area contributed by atoms with E-state index in [2.05, 4.69) is 37.6 Å². The second-order valence-electron chi connectivity index (χ2n) is 6.76. The minimum Gasteiger partial charge on any atom is -0.329 e. The molecule has 2 atom stereocenters. The highest BCUT2D eigenvalue weighted by atomic mass is 35.5. The van der Waals surface area contributed by atoms with E-state index in [1.54, 1.807) is 0 Å². The normalized spacial score (nSPS) is 24.4. The summed E-state index contributed by atoms with van der Waals surface area (Å²) < 4.78 is 0. The van der Waals surface area contributed by atoms with Gasteiger partial charge in [0.05, 0.1) is 6.54 Å². The largest absolute Gasteiger partial charge is 0.329 e. The Morgan fingerprint density at radius 1 is 1.45 bits per heavy atom. The van der Waals surface area contributed by atoms with E-state index in [1.807, 2.05) is 17.5 Å². The zero-order valence-electron chi connectivity index (χ0n) is 13.1. The Kier molecular flexibility index (Phi) is 6.45. The first-order valence-corrected chi connectivity index (χ1v) is 8.12. The van der Waals surface area contributed by atoms with E-state index < -0.39 is 0 Å². The number of rotatable bonds is 3. The van der Waals surface area contributed by atoms with Gasteiger partial charge in [0.15, 0.2) is 0 Å². The molecule has 116 valence electrons. The molecule has 0 aromatic carbocycles. The van der Waals surface area contributed by atoms with Gasteiger partial charge < -0.3 is 5.73 Å². The second-order valence-corrected chi connectivity index (χ2v) is 7.88. The highest BCUT2D eigenvalue weighted by Gasteiger charge is 2.28. The average Bonchev–Trinajstić information content (AvgIpc) is 2.77. The van der Waals surface area contributed by atoms with Crippen LogP contribution >= 0.6 is 23.7 Å². The van der Waals surface area contributed by atoms with Crippen LogP contribution in [0.4, 0.5) is 0 Å². The van der Waals surface area contributed by atoms with Crippen LogP contribution in [0.1, 0.15) is 50.4 Å². The fraction of sp³-hybridized carbons (Fsp3) is 0.800. The zero-order valence-corrected chi connectivity index (χ0v) is 14.7. The molecule has 1 aliphatic rings. The fourth-order valence-electron chi connectivity index (χ4n) is 2.82. The van der Waals surface area contributed by atoms with Crippen molar-refractivity contribution in [3.8, 4) is 0 Å². The van der Waals surface area contributed by atoms with Gasteiger partial charge in [0.2, 0.25) is 0 Å². The molecule has 0 radical (unpaired) electrons. The third kappa shape index (κ3) is 4.17. The van der Waals surface area contributed by atoms with Crippen molar-refractivity contribution in [2.45, 2.75) is 58.5 Å². The highest BCUT2D eigenvalue weighted by Crippen LogP contribution is 2.30. The smallest absolute Gasteiger partial charge is 0.107 e. The summed E-state index contributed by atoms with van der Waals surface area (Å²) in [5.74, 6) is 0.709. The van der Waals surface area contributed by atoms with Crippen molar-refractivity contribution in [3.05, 3.63) is 16.1 Å². The number of piperidine rings is 1. The Balaban J connectivity index is 0.00000200.